The third kappa shape index (κ3) is 3.69. The first-order chi connectivity index (χ1) is 8.70. The van der Waals surface area contributed by atoms with Gasteiger partial charge in [-0.05, 0) is 30.2 Å². The zero-order chi connectivity index (χ0) is 13.0. The highest BCUT2D eigenvalue weighted by atomic mass is 35.5. The maximum Gasteiger partial charge on any atom is 0.337 e. The van der Waals surface area contributed by atoms with Crippen LogP contribution in [0.1, 0.15) is 22.8 Å². The molecule has 0 aliphatic heterocycles. The Morgan fingerprint density at radius 1 is 1.26 bits per heavy atom. The molecule has 100 valence electrons. The normalized spacial score (nSPS) is 9.53. The van der Waals surface area contributed by atoms with E-state index in [0.717, 1.165) is 12.1 Å². The zero-order valence-electron chi connectivity index (χ0n) is 10.5. The van der Waals surface area contributed by atoms with E-state index < -0.39 is 5.97 Å². The van der Waals surface area contributed by atoms with E-state index in [0.29, 0.717) is 5.82 Å². The predicted octanol–water partition coefficient (Wildman–Crippen LogP) is 3.51. The van der Waals surface area contributed by atoms with E-state index in [1.165, 1.54) is 17.8 Å². The third-order valence-electron chi connectivity index (χ3n) is 2.67. The molecule has 0 aliphatic rings. The number of carboxylic acid groups (broad SMARTS) is 1. The van der Waals surface area contributed by atoms with Gasteiger partial charge in [0.05, 0.1) is 5.56 Å². The minimum atomic E-state index is -0.969. The molecule has 0 spiro atoms. The summed E-state index contributed by atoms with van der Waals surface area (Å²) in [6.45, 7) is 2.08. The van der Waals surface area contributed by atoms with Crippen LogP contribution in [0, 0.1) is 0 Å². The van der Waals surface area contributed by atoms with Crippen LogP contribution < -0.4 is 5.32 Å². The van der Waals surface area contributed by atoms with Crippen molar-refractivity contribution in [3.05, 3.63) is 53.7 Å². The van der Waals surface area contributed by atoms with Gasteiger partial charge in [-0.25, -0.2) is 9.78 Å². The van der Waals surface area contributed by atoms with Crippen molar-refractivity contribution >= 4 is 29.9 Å². The van der Waals surface area contributed by atoms with E-state index in [1.807, 2.05) is 24.3 Å². The molecule has 4 nitrogen and oxygen atoms in total. The van der Waals surface area contributed by atoms with Crippen molar-refractivity contribution in [3.8, 4) is 0 Å². The molecule has 0 aliphatic carbocycles. The standard InChI is InChI=1S/C14H14N2O2.ClH/c1-2-10-5-3-4-6-12(10)16-13-8-7-11(9-15-13)14(17)18;/h3-9H,2H2,1H3,(H,15,16)(H,17,18);1H. The maximum atomic E-state index is 10.7. The van der Waals surface area contributed by atoms with Crippen molar-refractivity contribution in [2.75, 3.05) is 5.32 Å². The lowest BCUT2D eigenvalue weighted by atomic mass is 10.1. The van der Waals surface area contributed by atoms with Crippen LogP contribution in [0.3, 0.4) is 0 Å². The van der Waals surface area contributed by atoms with Crippen molar-refractivity contribution in [2.45, 2.75) is 13.3 Å². The number of aryl methyl sites for hydroxylation is 1. The number of aromatic nitrogens is 1. The van der Waals surface area contributed by atoms with Crippen LogP contribution >= 0.6 is 12.4 Å². The van der Waals surface area contributed by atoms with Gasteiger partial charge in [0.2, 0.25) is 0 Å². The molecule has 2 aromatic rings. The van der Waals surface area contributed by atoms with Crippen LogP contribution in [0.15, 0.2) is 42.6 Å². The highest BCUT2D eigenvalue weighted by Crippen LogP contribution is 2.19. The lowest BCUT2D eigenvalue weighted by Crippen LogP contribution is -2.00. The van der Waals surface area contributed by atoms with Gasteiger partial charge in [-0.2, -0.15) is 0 Å². The van der Waals surface area contributed by atoms with E-state index in [2.05, 4.69) is 17.2 Å². The molecular formula is C14H15ClN2O2. The number of carbonyl (C=O) groups is 1. The SMILES string of the molecule is CCc1ccccc1Nc1ccc(C(=O)O)cn1.Cl. The number of benzene rings is 1. The average Bonchev–Trinajstić information content (AvgIpc) is 2.40. The molecule has 0 unspecified atom stereocenters. The maximum absolute atomic E-state index is 10.7. The van der Waals surface area contributed by atoms with Crippen molar-refractivity contribution in [1.82, 2.24) is 4.98 Å². The summed E-state index contributed by atoms with van der Waals surface area (Å²) < 4.78 is 0. The van der Waals surface area contributed by atoms with Crippen LogP contribution in [0.4, 0.5) is 11.5 Å². The lowest BCUT2D eigenvalue weighted by molar-refractivity contribution is 0.0696. The second-order valence-corrected chi connectivity index (χ2v) is 3.87. The number of anilines is 2. The van der Waals surface area contributed by atoms with Gasteiger partial charge in [-0.1, -0.05) is 25.1 Å². The Kier molecular flexibility index (Phi) is 5.33. The van der Waals surface area contributed by atoms with Crippen molar-refractivity contribution < 1.29 is 9.90 Å². The summed E-state index contributed by atoms with van der Waals surface area (Å²) in [6, 6.07) is 11.2. The van der Waals surface area contributed by atoms with Crippen LogP contribution in [0.25, 0.3) is 0 Å². The number of hydrogen-bond donors (Lipinski definition) is 2. The molecule has 2 N–H and O–H groups in total. The molecule has 0 saturated heterocycles. The monoisotopic (exact) mass is 278 g/mol. The summed E-state index contributed by atoms with van der Waals surface area (Å²) in [5.41, 5.74) is 2.38. The average molecular weight is 279 g/mol. The molecular weight excluding hydrogens is 264 g/mol. The first kappa shape index (κ1) is 15.0. The Morgan fingerprint density at radius 2 is 2.00 bits per heavy atom. The molecule has 1 aromatic heterocycles. The summed E-state index contributed by atoms with van der Waals surface area (Å²) in [5.74, 6) is -0.330. The van der Waals surface area contributed by atoms with Crippen LogP contribution in [0.5, 0.6) is 0 Å². The van der Waals surface area contributed by atoms with Crippen molar-refractivity contribution in [1.29, 1.82) is 0 Å². The number of halogens is 1. The van der Waals surface area contributed by atoms with Gasteiger partial charge in [0.25, 0.3) is 0 Å². The van der Waals surface area contributed by atoms with Gasteiger partial charge in [0.15, 0.2) is 0 Å². The molecule has 2 rings (SSSR count). The van der Waals surface area contributed by atoms with E-state index in [-0.39, 0.29) is 18.0 Å². The number of para-hydroxylation sites is 1. The topological polar surface area (TPSA) is 62.2 Å². The molecule has 0 saturated carbocycles. The van der Waals surface area contributed by atoms with Crippen LogP contribution in [-0.2, 0) is 6.42 Å². The number of hydrogen-bond acceptors (Lipinski definition) is 3. The van der Waals surface area contributed by atoms with Gasteiger partial charge < -0.3 is 10.4 Å². The van der Waals surface area contributed by atoms with E-state index >= 15 is 0 Å². The molecule has 0 radical (unpaired) electrons. The number of pyridine rings is 1. The second-order valence-electron chi connectivity index (χ2n) is 3.87. The number of carboxylic acids is 1. The summed E-state index contributed by atoms with van der Waals surface area (Å²) in [6.07, 6.45) is 2.27. The Labute approximate surface area is 117 Å². The van der Waals surface area contributed by atoms with Crippen molar-refractivity contribution in [2.24, 2.45) is 0 Å². The summed E-state index contributed by atoms with van der Waals surface area (Å²) in [5, 5.41) is 12.0. The summed E-state index contributed by atoms with van der Waals surface area (Å²) >= 11 is 0. The Bertz CT molecular complexity index is 556. The molecule has 5 heteroatoms. The fraction of sp³-hybridized carbons (Fsp3) is 0.143. The molecule has 19 heavy (non-hydrogen) atoms. The Hall–Kier alpha value is -2.07. The smallest absolute Gasteiger partial charge is 0.337 e. The summed E-state index contributed by atoms with van der Waals surface area (Å²) in [4.78, 5) is 14.8. The largest absolute Gasteiger partial charge is 0.478 e. The number of nitrogens with zero attached hydrogens (tertiary/aromatic N) is 1. The number of aromatic carboxylic acids is 1. The lowest BCUT2D eigenvalue weighted by Gasteiger charge is -2.09. The van der Waals surface area contributed by atoms with Gasteiger partial charge >= 0.3 is 5.97 Å². The van der Waals surface area contributed by atoms with E-state index in [1.54, 1.807) is 6.07 Å². The quantitative estimate of drug-likeness (QED) is 0.898. The van der Waals surface area contributed by atoms with Gasteiger partial charge in [-0.15, -0.1) is 12.4 Å². The Morgan fingerprint density at radius 3 is 2.58 bits per heavy atom. The van der Waals surface area contributed by atoms with Gasteiger partial charge in [0.1, 0.15) is 5.82 Å². The molecule has 0 atom stereocenters. The number of rotatable bonds is 4. The molecule has 0 fully saturated rings. The predicted molar refractivity (Wildman–Crippen MR) is 77.5 cm³/mol. The minimum absolute atomic E-state index is 0. The highest BCUT2D eigenvalue weighted by molar-refractivity contribution is 5.87. The molecule has 0 bridgehead atoms. The fourth-order valence-corrected chi connectivity index (χ4v) is 1.68. The van der Waals surface area contributed by atoms with Crippen LogP contribution in [-0.4, -0.2) is 16.1 Å². The van der Waals surface area contributed by atoms with E-state index in [9.17, 15) is 4.79 Å². The number of nitrogens with one attached hydrogen (secondary N) is 1. The van der Waals surface area contributed by atoms with Crippen molar-refractivity contribution in [3.63, 3.8) is 0 Å². The second kappa shape index (κ2) is 6.75. The zero-order valence-corrected chi connectivity index (χ0v) is 11.3. The third-order valence-corrected chi connectivity index (χ3v) is 2.67. The first-order valence-electron chi connectivity index (χ1n) is 5.75. The van der Waals surface area contributed by atoms with Crippen LogP contribution in [0.2, 0.25) is 0 Å². The highest BCUT2D eigenvalue weighted by Gasteiger charge is 2.04. The Balaban J connectivity index is 0.00000180. The molecule has 1 heterocycles. The van der Waals surface area contributed by atoms with Gasteiger partial charge in [0, 0.05) is 11.9 Å². The van der Waals surface area contributed by atoms with Gasteiger partial charge in [-0.3, -0.25) is 0 Å². The molecule has 0 amide bonds. The molecule has 1 aromatic carbocycles. The first-order valence-corrected chi connectivity index (χ1v) is 5.75. The summed E-state index contributed by atoms with van der Waals surface area (Å²) in [7, 11) is 0. The minimum Gasteiger partial charge on any atom is -0.478 e. The van der Waals surface area contributed by atoms with E-state index in [4.69, 9.17) is 5.11 Å². The fourth-order valence-electron chi connectivity index (χ4n) is 1.68.